The predicted octanol–water partition coefficient (Wildman–Crippen LogP) is 8.70. The van der Waals surface area contributed by atoms with Crippen LogP contribution in [0, 0.1) is 5.92 Å². The molecule has 0 aliphatic heterocycles. The van der Waals surface area contributed by atoms with Gasteiger partial charge in [-0.3, -0.25) is 4.79 Å². The molecule has 1 heterocycles. The number of hydrogen-bond donors (Lipinski definition) is 1. The van der Waals surface area contributed by atoms with E-state index in [1.807, 2.05) is 66.7 Å². The summed E-state index contributed by atoms with van der Waals surface area (Å²) in [6, 6.07) is 26.2. The summed E-state index contributed by atoms with van der Waals surface area (Å²) in [4.78, 5) is 15.2. The Balaban J connectivity index is 1.43. The Bertz CT molecular complexity index is 1360. The molecule has 1 atom stereocenters. The van der Waals surface area contributed by atoms with Gasteiger partial charge in [-0.25, -0.2) is 0 Å². The van der Waals surface area contributed by atoms with Crippen molar-refractivity contribution in [2.45, 2.75) is 64.7 Å². The minimum Gasteiger partial charge on any atom is -0.339 e. The Hall–Kier alpha value is -3.29. The minimum atomic E-state index is -0.0804. The van der Waals surface area contributed by atoms with Crippen molar-refractivity contribution < 1.29 is 4.79 Å². The summed E-state index contributed by atoms with van der Waals surface area (Å²) in [6.45, 7) is 9.60. The third-order valence-electron chi connectivity index (χ3n) is 6.68. The number of carbonyl (C=O) groups excluding carboxylic acids is 1. The molecule has 0 fully saturated rings. The van der Waals surface area contributed by atoms with E-state index in [4.69, 9.17) is 11.6 Å². The lowest BCUT2D eigenvalue weighted by atomic mass is 10.0. The van der Waals surface area contributed by atoms with Crippen LogP contribution in [0.15, 0.2) is 84.0 Å². The summed E-state index contributed by atoms with van der Waals surface area (Å²) in [5.74, 6) is 1.43. The van der Waals surface area contributed by atoms with Gasteiger partial charge >= 0.3 is 0 Å². The third-order valence-corrected chi connectivity index (χ3v) is 7.90. The lowest BCUT2D eigenvalue weighted by Gasteiger charge is -2.29. The van der Waals surface area contributed by atoms with Crippen molar-refractivity contribution in [3.8, 4) is 11.4 Å². The van der Waals surface area contributed by atoms with E-state index in [2.05, 4.69) is 64.8 Å². The summed E-state index contributed by atoms with van der Waals surface area (Å²) in [7, 11) is 0. The fourth-order valence-electron chi connectivity index (χ4n) is 4.69. The van der Waals surface area contributed by atoms with Gasteiger partial charge in [0.15, 0.2) is 11.0 Å². The van der Waals surface area contributed by atoms with Gasteiger partial charge in [0, 0.05) is 40.2 Å². The van der Waals surface area contributed by atoms with Gasteiger partial charge in [-0.2, -0.15) is 0 Å². The van der Waals surface area contributed by atoms with E-state index in [1.165, 1.54) is 24.6 Å². The van der Waals surface area contributed by atoms with Crippen molar-refractivity contribution in [3.05, 3.63) is 83.9 Å². The number of rotatable bonds is 13. The molecule has 4 rings (SSSR count). The number of thioether (sulfide) groups is 1. The maximum Gasteiger partial charge on any atom is 0.234 e. The number of halogens is 1. The molecule has 1 N–H and O–H groups in total. The van der Waals surface area contributed by atoms with Crippen LogP contribution in [0.3, 0.4) is 0 Å². The van der Waals surface area contributed by atoms with Crippen LogP contribution >= 0.6 is 23.4 Å². The van der Waals surface area contributed by atoms with Crippen LogP contribution in [0.5, 0.6) is 0 Å². The Labute approximate surface area is 247 Å². The standard InChI is InChI=1S/C32H38ClN5OS/c1-5-6-10-24(4)21-37-31(25-13-15-26(33)16-14-25)35-36-32(37)40-22-30(39)34-27-17-19-29(20-18-27)38(23(2)3)28-11-8-7-9-12-28/h7-9,11-20,23-24H,5-6,10,21-22H2,1-4H3,(H,34,39)/t24-/m1/s1. The number of aromatic nitrogens is 3. The van der Waals surface area contributed by atoms with Gasteiger partial charge < -0.3 is 14.8 Å². The first-order chi connectivity index (χ1) is 19.4. The summed E-state index contributed by atoms with van der Waals surface area (Å²) in [5, 5.41) is 13.4. The van der Waals surface area contributed by atoms with Gasteiger partial charge in [0.2, 0.25) is 5.91 Å². The molecule has 3 aromatic carbocycles. The number of carbonyl (C=O) groups is 1. The summed E-state index contributed by atoms with van der Waals surface area (Å²) < 4.78 is 2.14. The zero-order chi connectivity index (χ0) is 28.5. The van der Waals surface area contributed by atoms with E-state index >= 15 is 0 Å². The molecular weight excluding hydrogens is 538 g/mol. The van der Waals surface area contributed by atoms with Gasteiger partial charge in [0.25, 0.3) is 0 Å². The van der Waals surface area contributed by atoms with Crippen molar-refractivity contribution in [2.75, 3.05) is 16.0 Å². The monoisotopic (exact) mass is 575 g/mol. The van der Waals surface area contributed by atoms with Gasteiger partial charge in [-0.15, -0.1) is 10.2 Å². The van der Waals surface area contributed by atoms with Crippen molar-refractivity contribution in [2.24, 2.45) is 5.92 Å². The number of hydrogen-bond acceptors (Lipinski definition) is 5. The maximum absolute atomic E-state index is 12.9. The second-order valence-corrected chi connectivity index (χ2v) is 11.7. The lowest BCUT2D eigenvalue weighted by molar-refractivity contribution is -0.113. The van der Waals surface area contributed by atoms with Crippen LogP contribution in [0.2, 0.25) is 5.02 Å². The van der Waals surface area contributed by atoms with Crippen molar-refractivity contribution in [3.63, 3.8) is 0 Å². The highest BCUT2D eigenvalue weighted by atomic mass is 35.5. The van der Waals surface area contributed by atoms with Crippen LogP contribution in [0.4, 0.5) is 17.1 Å². The quantitative estimate of drug-likeness (QED) is 0.161. The van der Waals surface area contributed by atoms with Gasteiger partial charge in [-0.1, -0.05) is 68.3 Å². The fraction of sp³-hybridized carbons (Fsp3) is 0.344. The minimum absolute atomic E-state index is 0.0804. The van der Waals surface area contributed by atoms with Crippen molar-refractivity contribution >= 4 is 46.3 Å². The molecular formula is C32H38ClN5OS. The van der Waals surface area contributed by atoms with Crippen molar-refractivity contribution in [1.82, 2.24) is 14.8 Å². The van der Waals surface area contributed by atoms with Gasteiger partial charge in [-0.05, 0) is 86.8 Å². The number of nitrogens with one attached hydrogen (secondary N) is 1. The summed E-state index contributed by atoms with van der Waals surface area (Å²) >= 11 is 7.52. The number of anilines is 3. The second-order valence-electron chi connectivity index (χ2n) is 10.4. The lowest BCUT2D eigenvalue weighted by Crippen LogP contribution is -2.25. The molecule has 210 valence electrons. The van der Waals surface area contributed by atoms with Crippen LogP contribution in [0.1, 0.15) is 47.0 Å². The molecule has 0 saturated carbocycles. The molecule has 1 amide bonds. The zero-order valence-corrected chi connectivity index (χ0v) is 25.3. The molecule has 0 saturated heterocycles. The second kappa shape index (κ2) is 14.4. The topological polar surface area (TPSA) is 63.1 Å². The molecule has 0 aliphatic rings. The maximum atomic E-state index is 12.9. The van der Waals surface area contributed by atoms with E-state index in [9.17, 15) is 4.79 Å². The molecule has 0 aliphatic carbocycles. The third kappa shape index (κ3) is 7.89. The first kappa shape index (κ1) is 29.7. The van der Waals surface area contributed by atoms with Crippen LogP contribution in [-0.2, 0) is 11.3 Å². The van der Waals surface area contributed by atoms with Crippen LogP contribution in [0.25, 0.3) is 11.4 Å². The number of nitrogens with zero attached hydrogens (tertiary/aromatic N) is 4. The Kier molecular flexibility index (Phi) is 10.7. The van der Waals surface area contributed by atoms with E-state index in [0.29, 0.717) is 17.0 Å². The van der Waals surface area contributed by atoms with E-state index in [1.54, 1.807) is 0 Å². The predicted molar refractivity (Wildman–Crippen MR) is 169 cm³/mol. The number of amides is 1. The zero-order valence-electron chi connectivity index (χ0n) is 23.7. The van der Waals surface area contributed by atoms with Crippen LogP contribution < -0.4 is 10.2 Å². The van der Waals surface area contributed by atoms with Gasteiger partial charge in [0.05, 0.1) is 5.75 Å². The normalized spacial score (nSPS) is 11.9. The molecule has 0 radical (unpaired) electrons. The number of unbranched alkanes of at least 4 members (excludes halogenated alkanes) is 1. The first-order valence-corrected chi connectivity index (χ1v) is 15.3. The van der Waals surface area contributed by atoms with Crippen LogP contribution in [-0.4, -0.2) is 32.5 Å². The highest BCUT2D eigenvalue weighted by Crippen LogP contribution is 2.30. The first-order valence-electron chi connectivity index (χ1n) is 13.9. The molecule has 0 unspecified atom stereocenters. The molecule has 0 bridgehead atoms. The smallest absolute Gasteiger partial charge is 0.234 e. The highest BCUT2D eigenvalue weighted by Gasteiger charge is 2.18. The number of benzene rings is 3. The molecule has 6 nitrogen and oxygen atoms in total. The van der Waals surface area contributed by atoms with E-state index in [-0.39, 0.29) is 11.7 Å². The average Bonchev–Trinajstić information content (AvgIpc) is 3.34. The highest BCUT2D eigenvalue weighted by molar-refractivity contribution is 7.99. The Morgan fingerprint density at radius 1 is 0.950 bits per heavy atom. The fourth-order valence-corrected chi connectivity index (χ4v) is 5.57. The Morgan fingerprint density at radius 3 is 2.27 bits per heavy atom. The summed E-state index contributed by atoms with van der Waals surface area (Å²) in [6.07, 6.45) is 3.48. The average molecular weight is 576 g/mol. The number of para-hydroxylation sites is 1. The molecule has 1 aromatic heterocycles. The molecule has 40 heavy (non-hydrogen) atoms. The SMILES string of the molecule is CCCC[C@@H](C)Cn1c(SCC(=O)Nc2ccc(N(c3ccccc3)C(C)C)cc2)nnc1-c1ccc(Cl)cc1. The molecule has 0 spiro atoms. The van der Waals surface area contributed by atoms with Gasteiger partial charge in [0.1, 0.15) is 0 Å². The van der Waals surface area contributed by atoms with Crippen molar-refractivity contribution in [1.29, 1.82) is 0 Å². The molecule has 4 aromatic rings. The largest absolute Gasteiger partial charge is 0.339 e. The van der Waals surface area contributed by atoms with E-state index < -0.39 is 0 Å². The van der Waals surface area contributed by atoms with E-state index in [0.717, 1.165) is 46.6 Å². The Morgan fingerprint density at radius 2 is 1.62 bits per heavy atom. The molecule has 8 heteroatoms. The summed E-state index contributed by atoms with van der Waals surface area (Å²) in [5.41, 5.74) is 3.94.